The van der Waals surface area contributed by atoms with Crippen molar-refractivity contribution in [2.75, 3.05) is 0 Å². The molecule has 0 aromatic rings. The number of hydrogen-bond acceptors (Lipinski definition) is 0. The molecule has 0 heterocycles. The topological polar surface area (TPSA) is 0 Å². The molecule has 1 unspecified atom stereocenters. The first kappa shape index (κ1) is 11.6. The zero-order chi connectivity index (χ0) is 12.7. The summed E-state index contributed by atoms with van der Waals surface area (Å²) in [6.07, 6.45) is 19.1. The Bertz CT molecular complexity index is 412. The number of hydrogen-bond donors (Lipinski definition) is 0. The Hall–Kier alpha value is 0. The highest BCUT2D eigenvalue weighted by Crippen LogP contribution is 2.82. The maximum atomic E-state index is 2.65. The van der Waals surface area contributed by atoms with Crippen molar-refractivity contribution in [3.05, 3.63) is 0 Å². The first-order chi connectivity index (χ1) is 9.19. The van der Waals surface area contributed by atoms with E-state index in [4.69, 9.17) is 0 Å². The average molecular weight is 258 g/mol. The summed E-state index contributed by atoms with van der Waals surface area (Å²) in [5, 5.41) is 0. The molecule has 5 aliphatic carbocycles. The summed E-state index contributed by atoms with van der Waals surface area (Å²) in [5.41, 5.74) is 2.54. The summed E-state index contributed by atoms with van der Waals surface area (Å²) in [6, 6.07) is 0. The van der Waals surface area contributed by atoms with Crippen LogP contribution in [0.15, 0.2) is 0 Å². The van der Waals surface area contributed by atoms with E-state index in [1.165, 1.54) is 0 Å². The van der Waals surface area contributed by atoms with Crippen molar-refractivity contribution in [3.8, 4) is 0 Å². The van der Waals surface area contributed by atoms with E-state index < -0.39 is 0 Å². The van der Waals surface area contributed by atoms with Crippen molar-refractivity contribution in [2.24, 2.45) is 34.0 Å². The highest BCUT2D eigenvalue weighted by molar-refractivity contribution is 5.23. The van der Waals surface area contributed by atoms with Crippen LogP contribution in [0.25, 0.3) is 0 Å². The van der Waals surface area contributed by atoms with E-state index in [0.717, 1.165) is 34.0 Å². The second-order valence-electron chi connectivity index (χ2n) is 9.32. The lowest BCUT2D eigenvalue weighted by molar-refractivity contribution is -0.0513. The lowest BCUT2D eigenvalue weighted by Crippen LogP contribution is -2.46. The van der Waals surface area contributed by atoms with Gasteiger partial charge in [0.25, 0.3) is 0 Å². The minimum Gasteiger partial charge on any atom is -0.0594 e. The first-order valence-electron chi connectivity index (χ1n) is 9.19. The summed E-state index contributed by atoms with van der Waals surface area (Å²) in [7, 11) is 0. The SMILES string of the molecule is C[C@@]12CCC[C@H]1[C@@H]1CCC34CCCC[C@]3(C4)[C@H]1CC2. The van der Waals surface area contributed by atoms with Crippen molar-refractivity contribution in [1.29, 1.82) is 0 Å². The van der Waals surface area contributed by atoms with Gasteiger partial charge in [-0.15, -0.1) is 0 Å². The zero-order valence-electron chi connectivity index (χ0n) is 12.7. The predicted octanol–water partition coefficient (Wildman–Crippen LogP) is 5.56. The van der Waals surface area contributed by atoms with Gasteiger partial charge in [-0.1, -0.05) is 26.2 Å². The molecular formula is C19H30. The average Bonchev–Trinajstić information content (AvgIpc) is 2.97. The van der Waals surface area contributed by atoms with Gasteiger partial charge in [0.2, 0.25) is 0 Å². The van der Waals surface area contributed by atoms with Crippen LogP contribution in [0.5, 0.6) is 0 Å². The fourth-order valence-corrected chi connectivity index (χ4v) is 8.14. The van der Waals surface area contributed by atoms with Crippen molar-refractivity contribution in [2.45, 2.75) is 84.0 Å². The van der Waals surface area contributed by atoms with E-state index >= 15 is 0 Å². The van der Waals surface area contributed by atoms with E-state index in [-0.39, 0.29) is 0 Å². The van der Waals surface area contributed by atoms with Gasteiger partial charge in [-0.3, -0.25) is 0 Å². The molecule has 0 bridgehead atoms. The van der Waals surface area contributed by atoms with E-state index in [9.17, 15) is 0 Å². The van der Waals surface area contributed by atoms with Gasteiger partial charge < -0.3 is 0 Å². The van der Waals surface area contributed by atoms with Gasteiger partial charge in [0.1, 0.15) is 0 Å². The molecule has 0 radical (unpaired) electrons. The second-order valence-corrected chi connectivity index (χ2v) is 9.32. The lowest BCUT2D eigenvalue weighted by atomic mass is 9.50. The highest BCUT2D eigenvalue weighted by Gasteiger charge is 2.74. The summed E-state index contributed by atoms with van der Waals surface area (Å²) in [5.74, 6) is 3.44. The predicted molar refractivity (Wildman–Crippen MR) is 78.8 cm³/mol. The monoisotopic (exact) mass is 258 g/mol. The maximum Gasteiger partial charge on any atom is -0.0204 e. The van der Waals surface area contributed by atoms with E-state index in [0.29, 0.717) is 0 Å². The van der Waals surface area contributed by atoms with Crippen LogP contribution in [0.1, 0.15) is 84.0 Å². The highest BCUT2D eigenvalue weighted by atomic mass is 14.8. The molecule has 0 saturated heterocycles. The van der Waals surface area contributed by atoms with Gasteiger partial charge in [0, 0.05) is 0 Å². The molecule has 106 valence electrons. The minimum absolute atomic E-state index is 0.765. The zero-order valence-corrected chi connectivity index (χ0v) is 12.7. The second kappa shape index (κ2) is 3.42. The standard InChI is InChI=1S/C19H30/c1-17-8-4-5-15(17)14-6-12-18-9-2-3-10-19(18,13-18)16(14)7-11-17/h14-16H,2-13H2,1H3/t14-,15-,16-,17-,18?,19-/m0/s1. The number of fused-ring (bicyclic) bond motifs is 3. The van der Waals surface area contributed by atoms with E-state index in [1.807, 2.05) is 0 Å². The van der Waals surface area contributed by atoms with Gasteiger partial charge in [-0.05, 0) is 91.8 Å². The molecule has 0 amide bonds. The first-order valence-corrected chi connectivity index (χ1v) is 9.19. The fourth-order valence-electron chi connectivity index (χ4n) is 8.14. The molecule has 0 N–H and O–H groups in total. The minimum atomic E-state index is 0.765. The lowest BCUT2D eigenvalue weighted by Gasteiger charge is -2.54. The third-order valence-electron chi connectivity index (χ3n) is 9.00. The molecule has 0 aromatic heterocycles. The Labute approximate surface area is 118 Å². The van der Waals surface area contributed by atoms with Gasteiger partial charge >= 0.3 is 0 Å². The quantitative estimate of drug-likeness (QED) is 0.533. The normalized spacial score (nSPS) is 62.7. The summed E-state index contributed by atoms with van der Waals surface area (Å²) in [4.78, 5) is 0. The fraction of sp³-hybridized carbons (Fsp3) is 1.00. The Kier molecular flexibility index (Phi) is 2.09. The molecule has 0 aliphatic heterocycles. The largest absolute Gasteiger partial charge is 0.0594 e. The summed E-state index contributed by atoms with van der Waals surface area (Å²) in [6.45, 7) is 2.65. The third-order valence-corrected chi connectivity index (χ3v) is 9.00. The Morgan fingerprint density at radius 3 is 2.58 bits per heavy atom. The number of rotatable bonds is 0. The van der Waals surface area contributed by atoms with Crippen LogP contribution in [0.2, 0.25) is 0 Å². The molecule has 6 atom stereocenters. The summed E-state index contributed by atoms with van der Waals surface area (Å²) >= 11 is 0. The summed E-state index contributed by atoms with van der Waals surface area (Å²) < 4.78 is 0. The molecule has 0 heteroatoms. The molecule has 5 saturated carbocycles. The van der Waals surface area contributed by atoms with Crippen LogP contribution >= 0.6 is 0 Å². The Balaban J connectivity index is 1.51. The van der Waals surface area contributed by atoms with Crippen molar-refractivity contribution in [1.82, 2.24) is 0 Å². The molecule has 5 fully saturated rings. The van der Waals surface area contributed by atoms with Crippen LogP contribution in [0.3, 0.4) is 0 Å². The van der Waals surface area contributed by atoms with Gasteiger partial charge in [0.15, 0.2) is 0 Å². The van der Waals surface area contributed by atoms with E-state index in [1.54, 1.807) is 77.0 Å². The van der Waals surface area contributed by atoms with Crippen LogP contribution < -0.4 is 0 Å². The van der Waals surface area contributed by atoms with Crippen LogP contribution in [-0.4, -0.2) is 0 Å². The van der Waals surface area contributed by atoms with E-state index in [2.05, 4.69) is 6.92 Å². The molecule has 5 rings (SSSR count). The molecule has 0 aromatic carbocycles. The van der Waals surface area contributed by atoms with Crippen LogP contribution in [-0.2, 0) is 0 Å². The van der Waals surface area contributed by atoms with Gasteiger partial charge in [0.05, 0.1) is 0 Å². The molecule has 0 nitrogen and oxygen atoms in total. The Morgan fingerprint density at radius 1 is 0.737 bits per heavy atom. The van der Waals surface area contributed by atoms with Crippen LogP contribution in [0.4, 0.5) is 0 Å². The Morgan fingerprint density at radius 2 is 1.63 bits per heavy atom. The van der Waals surface area contributed by atoms with Gasteiger partial charge in [-0.25, -0.2) is 0 Å². The smallest absolute Gasteiger partial charge is 0.0204 e. The van der Waals surface area contributed by atoms with Crippen LogP contribution in [0, 0.1) is 34.0 Å². The van der Waals surface area contributed by atoms with Gasteiger partial charge in [-0.2, -0.15) is 0 Å². The van der Waals surface area contributed by atoms with Crippen molar-refractivity contribution < 1.29 is 0 Å². The molecular weight excluding hydrogens is 228 g/mol. The van der Waals surface area contributed by atoms with Crippen molar-refractivity contribution >= 4 is 0 Å². The molecule has 5 aliphatic rings. The molecule has 19 heavy (non-hydrogen) atoms. The maximum absolute atomic E-state index is 2.65. The van der Waals surface area contributed by atoms with Crippen molar-refractivity contribution in [3.63, 3.8) is 0 Å². The molecule has 0 spiro atoms. The third kappa shape index (κ3) is 1.24.